The van der Waals surface area contributed by atoms with Crippen LogP contribution >= 0.6 is 12.4 Å². The largest absolute Gasteiger partial charge is 0.497 e. The third-order valence-electron chi connectivity index (χ3n) is 4.12. The molecule has 1 aromatic rings. The third-order valence-corrected chi connectivity index (χ3v) is 6.64. The summed E-state index contributed by atoms with van der Waals surface area (Å²) in [5.41, 5.74) is 1.47. The average Bonchev–Trinajstić information content (AvgIpc) is 2.90. The lowest BCUT2D eigenvalue weighted by molar-refractivity contribution is 0.390. The van der Waals surface area contributed by atoms with Gasteiger partial charge in [0.1, 0.15) is 5.75 Å². The molecule has 2 rings (SSSR count). The SMILES string of the molecule is COc1ccc(C(C)(C)[SiH2]CN2CCCC2)cc1.Cl. The summed E-state index contributed by atoms with van der Waals surface area (Å²) in [5, 5.41) is 0.384. The van der Waals surface area contributed by atoms with Gasteiger partial charge in [0.05, 0.1) is 7.11 Å². The summed E-state index contributed by atoms with van der Waals surface area (Å²) in [4.78, 5) is 2.65. The van der Waals surface area contributed by atoms with Gasteiger partial charge in [-0.15, -0.1) is 12.4 Å². The number of ether oxygens (including phenoxy) is 1. The highest BCUT2D eigenvalue weighted by Gasteiger charge is 2.23. The lowest BCUT2D eigenvalue weighted by atomic mass is 10.0. The second-order valence-electron chi connectivity index (χ2n) is 5.91. The molecule has 0 amide bonds. The highest BCUT2D eigenvalue weighted by molar-refractivity contribution is 6.40. The molecule has 0 aliphatic carbocycles. The molecule has 1 aromatic carbocycles. The summed E-state index contributed by atoms with van der Waals surface area (Å²) in [6, 6.07) is 8.63. The van der Waals surface area contributed by atoms with Crippen LogP contribution in [0.4, 0.5) is 0 Å². The van der Waals surface area contributed by atoms with Gasteiger partial charge in [0.25, 0.3) is 0 Å². The van der Waals surface area contributed by atoms with Crippen LogP contribution < -0.4 is 4.74 Å². The molecular weight excluding hydrogens is 274 g/mol. The lowest BCUT2D eigenvalue weighted by Crippen LogP contribution is -2.35. The highest BCUT2D eigenvalue weighted by atomic mass is 35.5. The van der Waals surface area contributed by atoms with Crippen LogP contribution in [0.15, 0.2) is 24.3 Å². The van der Waals surface area contributed by atoms with Crippen molar-refractivity contribution in [3.05, 3.63) is 29.8 Å². The molecule has 1 aliphatic rings. The molecule has 0 aromatic heterocycles. The summed E-state index contributed by atoms with van der Waals surface area (Å²) < 4.78 is 5.23. The lowest BCUT2D eigenvalue weighted by Gasteiger charge is -2.27. The molecule has 108 valence electrons. The zero-order valence-corrected chi connectivity index (χ0v) is 14.5. The first kappa shape index (κ1) is 16.5. The monoisotopic (exact) mass is 299 g/mol. The molecule has 1 fully saturated rings. The molecule has 0 N–H and O–H groups in total. The van der Waals surface area contributed by atoms with Crippen molar-refractivity contribution >= 4 is 21.9 Å². The molecule has 1 heterocycles. The second kappa shape index (κ2) is 7.32. The van der Waals surface area contributed by atoms with Crippen LogP contribution in [0.2, 0.25) is 0 Å². The molecule has 1 saturated heterocycles. The minimum atomic E-state index is -0.122. The first-order valence-corrected chi connectivity index (χ1v) is 8.69. The molecule has 4 heteroatoms. The van der Waals surface area contributed by atoms with Crippen molar-refractivity contribution in [2.45, 2.75) is 31.7 Å². The first-order valence-electron chi connectivity index (χ1n) is 6.99. The second-order valence-corrected chi connectivity index (χ2v) is 8.63. The standard InChI is InChI=1S/C15H25NOSi.ClH/c1-15(2,18-12-16-10-4-5-11-16)13-6-8-14(17-3)9-7-13;/h6-9H,4-5,10-12,18H2,1-3H3;1H. The zero-order valence-electron chi connectivity index (χ0n) is 12.3. The number of nitrogens with zero attached hydrogens (tertiary/aromatic N) is 1. The molecule has 2 nitrogen and oxygen atoms in total. The van der Waals surface area contributed by atoms with Gasteiger partial charge in [-0.05, 0) is 54.8 Å². The summed E-state index contributed by atoms with van der Waals surface area (Å²) in [6.45, 7) is 7.45. The number of benzene rings is 1. The van der Waals surface area contributed by atoms with Crippen LogP contribution in [0.25, 0.3) is 0 Å². The fourth-order valence-corrected chi connectivity index (χ4v) is 4.48. The molecule has 0 saturated carbocycles. The molecule has 0 unspecified atom stereocenters. The van der Waals surface area contributed by atoms with Crippen LogP contribution in [0.3, 0.4) is 0 Å². The van der Waals surface area contributed by atoms with Gasteiger partial charge in [-0.25, -0.2) is 0 Å². The number of rotatable bonds is 5. The normalized spacial score (nSPS) is 16.8. The Morgan fingerprint density at radius 1 is 1.16 bits per heavy atom. The van der Waals surface area contributed by atoms with Crippen molar-refractivity contribution in [3.8, 4) is 5.75 Å². The predicted octanol–water partition coefficient (Wildman–Crippen LogP) is 2.57. The topological polar surface area (TPSA) is 12.5 Å². The molecule has 0 spiro atoms. The average molecular weight is 300 g/mol. The maximum atomic E-state index is 5.23. The van der Waals surface area contributed by atoms with Crippen molar-refractivity contribution in [2.24, 2.45) is 0 Å². The Morgan fingerprint density at radius 3 is 2.26 bits per heavy atom. The van der Waals surface area contributed by atoms with Crippen molar-refractivity contribution in [1.29, 1.82) is 0 Å². The third kappa shape index (κ3) is 4.51. The van der Waals surface area contributed by atoms with E-state index < -0.39 is 0 Å². The number of hydrogen-bond acceptors (Lipinski definition) is 2. The van der Waals surface area contributed by atoms with E-state index in [0.717, 1.165) is 5.75 Å². The van der Waals surface area contributed by atoms with Crippen molar-refractivity contribution < 1.29 is 4.74 Å². The maximum Gasteiger partial charge on any atom is 0.118 e. The highest BCUT2D eigenvalue weighted by Crippen LogP contribution is 2.24. The van der Waals surface area contributed by atoms with E-state index in [1.165, 1.54) is 37.7 Å². The van der Waals surface area contributed by atoms with Crippen LogP contribution in [0.1, 0.15) is 32.3 Å². The number of hydrogen-bond donors (Lipinski definition) is 0. The molecular formula is C15H26ClNOSi. The molecule has 19 heavy (non-hydrogen) atoms. The fourth-order valence-electron chi connectivity index (χ4n) is 2.63. The Hall–Kier alpha value is -0.513. The summed E-state index contributed by atoms with van der Waals surface area (Å²) in [7, 11) is 1.60. The van der Waals surface area contributed by atoms with Gasteiger partial charge >= 0.3 is 0 Å². The molecule has 0 bridgehead atoms. The number of halogens is 1. The Balaban J connectivity index is 0.00000180. The Bertz CT molecular complexity index is 374. The number of methoxy groups -OCH3 is 1. The van der Waals surface area contributed by atoms with Crippen LogP contribution in [0, 0.1) is 0 Å². The van der Waals surface area contributed by atoms with E-state index in [4.69, 9.17) is 4.74 Å². The van der Waals surface area contributed by atoms with Gasteiger partial charge in [-0.2, -0.15) is 0 Å². The van der Waals surface area contributed by atoms with E-state index in [-0.39, 0.29) is 21.9 Å². The smallest absolute Gasteiger partial charge is 0.118 e. The zero-order chi connectivity index (χ0) is 13.0. The summed E-state index contributed by atoms with van der Waals surface area (Å²) in [5.74, 6) is 0.954. The van der Waals surface area contributed by atoms with Crippen molar-refractivity contribution in [3.63, 3.8) is 0 Å². The molecule has 1 aliphatic heterocycles. The van der Waals surface area contributed by atoms with Crippen LogP contribution in [0.5, 0.6) is 5.75 Å². The number of likely N-dealkylation sites (tertiary alicyclic amines) is 1. The predicted molar refractivity (Wildman–Crippen MR) is 87.5 cm³/mol. The Kier molecular flexibility index (Phi) is 6.37. The maximum absolute atomic E-state index is 5.23. The van der Waals surface area contributed by atoms with Crippen molar-refractivity contribution in [1.82, 2.24) is 4.90 Å². The van der Waals surface area contributed by atoms with Gasteiger partial charge < -0.3 is 9.64 Å². The van der Waals surface area contributed by atoms with Crippen molar-refractivity contribution in [2.75, 3.05) is 26.4 Å². The van der Waals surface area contributed by atoms with Gasteiger partial charge in [0.15, 0.2) is 0 Å². The molecule has 0 radical (unpaired) electrons. The van der Waals surface area contributed by atoms with E-state index in [9.17, 15) is 0 Å². The van der Waals surface area contributed by atoms with Gasteiger partial charge in [0.2, 0.25) is 0 Å². The van der Waals surface area contributed by atoms with E-state index in [0.29, 0.717) is 5.04 Å². The van der Waals surface area contributed by atoms with E-state index >= 15 is 0 Å². The quantitative estimate of drug-likeness (QED) is 0.775. The fraction of sp³-hybridized carbons (Fsp3) is 0.600. The summed E-state index contributed by atoms with van der Waals surface area (Å²) >= 11 is 0. The van der Waals surface area contributed by atoms with Crippen LogP contribution in [-0.2, 0) is 5.04 Å². The molecule has 0 atom stereocenters. The first-order chi connectivity index (χ1) is 8.62. The minimum absolute atomic E-state index is 0. The van der Waals surface area contributed by atoms with E-state index in [1.807, 2.05) is 0 Å². The Morgan fingerprint density at radius 2 is 1.74 bits per heavy atom. The van der Waals surface area contributed by atoms with E-state index in [2.05, 4.69) is 43.0 Å². The summed E-state index contributed by atoms with van der Waals surface area (Å²) in [6.07, 6.45) is 4.16. The Labute approximate surface area is 125 Å². The van der Waals surface area contributed by atoms with Gasteiger partial charge in [-0.1, -0.05) is 26.0 Å². The van der Waals surface area contributed by atoms with E-state index in [1.54, 1.807) is 7.11 Å². The van der Waals surface area contributed by atoms with Crippen LogP contribution in [-0.4, -0.2) is 40.8 Å². The minimum Gasteiger partial charge on any atom is -0.497 e. The van der Waals surface area contributed by atoms with Gasteiger partial charge in [0, 0.05) is 9.52 Å². The van der Waals surface area contributed by atoms with Gasteiger partial charge in [-0.3, -0.25) is 0 Å².